The normalized spacial score (nSPS) is 25.5. The van der Waals surface area contributed by atoms with Crippen LogP contribution < -0.4 is 5.32 Å². The predicted molar refractivity (Wildman–Crippen MR) is 86.3 cm³/mol. The second-order valence-corrected chi connectivity index (χ2v) is 6.76. The minimum absolute atomic E-state index is 0.00801. The number of nitrogens with one attached hydrogen (secondary N) is 2. The van der Waals surface area contributed by atoms with Crippen molar-refractivity contribution in [2.24, 2.45) is 5.41 Å². The van der Waals surface area contributed by atoms with E-state index in [9.17, 15) is 9.59 Å². The van der Waals surface area contributed by atoms with E-state index < -0.39 is 0 Å². The van der Waals surface area contributed by atoms with Crippen molar-refractivity contribution in [1.82, 2.24) is 25.4 Å². The van der Waals surface area contributed by atoms with Gasteiger partial charge in [0.1, 0.15) is 5.69 Å². The van der Waals surface area contributed by atoms with Crippen molar-refractivity contribution >= 4 is 11.8 Å². The zero-order valence-corrected chi connectivity index (χ0v) is 13.2. The van der Waals surface area contributed by atoms with Gasteiger partial charge in [-0.25, -0.2) is 0 Å². The smallest absolute Gasteiger partial charge is 0.271 e. The molecule has 2 amide bonds. The van der Waals surface area contributed by atoms with Crippen molar-refractivity contribution in [3.05, 3.63) is 48.0 Å². The first-order chi connectivity index (χ1) is 11.7. The number of hydrogen-bond donors (Lipinski definition) is 2. The lowest BCUT2D eigenvalue weighted by molar-refractivity contribution is 0.0607. The molecule has 2 aromatic heterocycles. The SMILES string of the molecule is O=C(NC1CC2(CCN(C(=O)c3ccn[nH]3)C2)C1)c1ccncc1. The second kappa shape index (κ2) is 5.74. The Hall–Kier alpha value is -2.70. The highest BCUT2D eigenvalue weighted by molar-refractivity contribution is 5.94. The molecule has 124 valence electrons. The number of amides is 2. The third-order valence-corrected chi connectivity index (χ3v) is 5.09. The highest BCUT2D eigenvalue weighted by Gasteiger charge is 2.49. The summed E-state index contributed by atoms with van der Waals surface area (Å²) in [6.07, 6.45) is 7.68. The average molecular weight is 325 g/mol. The number of carbonyl (C=O) groups excluding carboxylic acids is 2. The summed E-state index contributed by atoms with van der Waals surface area (Å²) >= 11 is 0. The molecule has 7 nitrogen and oxygen atoms in total. The molecule has 0 aromatic carbocycles. The molecule has 0 unspecified atom stereocenters. The summed E-state index contributed by atoms with van der Waals surface area (Å²) in [4.78, 5) is 30.3. The number of hydrogen-bond acceptors (Lipinski definition) is 4. The molecule has 7 heteroatoms. The van der Waals surface area contributed by atoms with E-state index in [0.717, 1.165) is 32.4 Å². The zero-order chi connectivity index (χ0) is 16.6. The van der Waals surface area contributed by atoms with Crippen molar-refractivity contribution in [3.63, 3.8) is 0 Å². The van der Waals surface area contributed by atoms with Crippen molar-refractivity contribution in [1.29, 1.82) is 0 Å². The summed E-state index contributed by atoms with van der Waals surface area (Å²) in [6, 6.07) is 5.31. The van der Waals surface area contributed by atoms with Crippen molar-refractivity contribution in [3.8, 4) is 0 Å². The van der Waals surface area contributed by atoms with Crippen LogP contribution in [0.4, 0.5) is 0 Å². The van der Waals surface area contributed by atoms with E-state index in [1.54, 1.807) is 36.8 Å². The monoisotopic (exact) mass is 325 g/mol. The molecule has 4 rings (SSSR count). The number of H-pyrrole nitrogens is 1. The third-order valence-electron chi connectivity index (χ3n) is 5.09. The number of likely N-dealkylation sites (tertiary alicyclic amines) is 1. The Bertz CT molecular complexity index is 738. The van der Waals surface area contributed by atoms with E-state index in [4.69, 9.17) is 0 Å². The summed E-state index contributed by atoms with van der Waals surface area (Å²) in [7, 11) is 0. The van der Waals surface area contributed by atoms with Gasteiger partial charge in [-0.3, -0.25) is 19.7 Å². The van der Waals surface area contributed by atoms with E-state index in [1.807, 2.05) is 4.90 Å². The van der Waals surface area contributed by atoms with Gasteiger partial charge in [0, 0.05) is 43.3 Å². The second-order valence-electron chi connectivity index (χ2n) is 6.76. The van der Waals surface area contributed by atoms with Crippen molar-refractivity contribution < 1.29 is 9.59 Å². The summed E-state index contributed by atoms with van der Waals surface area (Å²) in [5, 5.41) is 9.63. The van der Waals surface area contributed by atoms with Gasteiger partial charge >= 0.3 is 0 Å². The minimum atomic E-state index is -0.0550. The first-order valence-electron chi connectivity index (χ1n) is 8.15. The van der Waals surface area contributed by atoms with Crippen LogP contribution in [0.5, 0.6) is 0 Å². The molecule has 24 heavy (non-hydrogen) atoms. The number of carbonyl (C=O) groups is 2. The summed E-state index contributed by atoms with van der Waals surface area (Å²) in [6.45, 7) is 1.52. The first kappa shape index (κ1) is 14.9. The molecule has 0 radical (unpaired) electrons. The molecule has 2 fully saturated rings. The van der Waals surface area contributed by atoms with Gasteiger partial charge in [0.25, 0.3) is 11.8 Å². The number of rotatable bonds is 3. The Morgan fingerprint density at radius 1 is 1.21 bits per heavy atom. The fourth-order valence-corrected chi connectivity index (χ4v) is 3.85. The van der Waals surface area contributed by atoms with E-state index >= 15 is 0 Å². The van der Waals surface area contributed by atoms with Crippen LogP contribution in [-0.2, 0) is 0 Å². The van der Waals surface area contributed by atoms with Gasteiger partial charge in [-0.1, -0.05) is 0 Å². The Balaban J connectivity index is 1.31. The van der Waals surface area contributed by atoms with Gasteiger partial charge in [0.15, 0.2) is 0 Å². The lowest BCUT2D eigenvalue weighted by Gasteiger charge is -2.45. The molecule has 2 aromatic rings. The van der Waals surface area contributed by atoms with Gasteiger partial charge in [0.2, 0.25) is 0 Å². The first-order valence-corrected chi connectivity index (χ1v) is 8.15. The number of nitrogens with zero attached hydrogens (tertiary/aromatic N) is 3. The minimum Gasteiger partial charge on any atom is -0.349 e. The maximum atomic E-state index is 12.4. The molecule has 0 bridgehead atoms. The van der Waals surface area contributed by atoms with Crippen LogP contribution in [0.3, 0.4) is 0 Å². The predicted octanol–water partition coefficient (Wildman–Crippen LogP) is 1.23. The summed E-state index contributed by atoms with van der Waals surface area (Å²) in [5.74, 6) is -0.0470. The van der Waals surface area contributed by atoms with Crippen molar-refractivity contribution in [2.45, 2.75) is 25.3 Å². The van der Waals surface area contributed by atoms with Crippen LogP contribution in [0, 0.1) is 5.41 Å². The quantitative estimate of drug-likeness (QED) is 0.888. The van der Waals surface area contributed by atoms with Gasteiger partial charge in [-0.15, -0.1) is 0 Å². The standard InChI is InChI=1S/C17H19N5O2/c23-15(12-1-5-18-6-2-12)20-13-9-17(10-13)4-8-22(11-17)16(24)14-3-7-19-21-14/h1-3,5-7,13H,4,8-11H2,(H,19,21)(H,20,23). The van der Waals surface area contributed by atoms with E-state index in [2.05, 4.69) is 20.5 Å². The lowest BCUT2D eigenvalue weighted by atomic mass is 9.65. The van der Waals surface area contributed by atoms with Gasteiger partial charge in [-0.05, 0) is 42.9 Å². The highest BCUT2D eigenvalue weighted by atomic mass is 16.2. The maximum Gasteiger partial charge on any atom is 0.271 e. The van der Waals surface area contributed by atoms with E-state index in [1.165, 1.54) is 0 Å². The van der Waals surface area contributed by atoms with Gasteiger partial charge < -0.3 is 10.2 Å². The lowest BCUT2D eigenvalue weighted by Crippen LogP contribution is -2.52. The Morgan fingerprint density at radius 3 is 2.71 bits per heavy atom. The largest absolute Gasteiger partial charge is 0.349 e. The number of aromatic nitrogens is 3. The molecular weight excluding hydrogens is 306 g/mol. The van der Waals surface area contributed by atoms with Gasteiger partial charge in [0.05, 0.1) is 0 Å². The van der Waals surface area contributed by atoms with Crippen LogP contribution in [-0.4, -0.2) is 51.0 Å². The van der Waals surface area contributed by atoms with E-state index in [0.29, 0.717) is 11.3 Å². The molecule has 0 atom stereocenters. The number of pyridine rings is 1. The topological polar surface area (TPSA) is 91.0 Å². The zero-order valence-electron chi connectivity index (χ0n) is 13.2. The molecule has 2 N–H and O–H groups in total. The molecule has 1 spiro atoms. The Labute approximate surface area is 139 Å². The van der Waals surface area contributed by atoms with E-state index in [-0.39, 0.29) is 23.3 Å². The van der Waals surface area contributed by atoms with Crippen LogP contribution in [0.2, 0.25) is 0 Å². The molecule has 1 saturated heterocycles. The van der Waals surface area contributed by atoms with Crippen LogP contribution in [0.1, 0.15) is 40.1 Å². The third kappa shape index (κ3) is 2.66. The van der Waals surface area contributed by atoms with Crippen LogP contribution in [0.15, 0.2) is 36.8 Å². The summed E-state index contributed by atoms with van der Waals surface area (Å²) in [5.41, 5.74) is 1.33. The molecule has 1 saturated carbocycles. The average Bonchev–Trinajstić information content (AvgIpc) is 3.24. The highest BCUT2D eigenvalue weighted by Crippen LogP contribution is 2.48. The van der Waals surface area contributed by atoms with Crippen LogP contribution >= 0.6 is 0 Å². The molecule has 1 aliphatic carbocycles. The fourth-order valence-electron chi connectivity index (χ4n) is 3.85. The van der Waals surface area contributed by atoms with Crippen molar-refractivity contribution in [2.75, 3.05) is 13.1 Å². The number of aromatic amines is 1. The molecular formula is C17H19N5O2. The summed E-state index contributed by atoms with van der Waals surface area (Å²) < 4.78 is 0. The van der Waals surface area contributed by atoms with Crippen LogP contribution in [0.25, 0.3) is 0 Å². The Morgan fingerprint density at radius 2 is 2.00 bits per heavy atom. The fraction of sp³-hybridized carbons (Fsp3) is 0.412. The van der Waals surface area contributed by atoms with Gasteiger partial charge in [-0.2, -0.15) is 5.10 Å². The molecule has 3 heterocycles. The molecule has 2 aliphatic rings. The molecule has 1 aliphatic heterocycles. The Kier molecular flexibility index (Phi) is 3.55. The maximum absolute atomic E-state index is 12.4.